The minimum atomic E-state index is -1.53. The van der Waals surface area contributed by atoms with Gasteiger partial charge >= 0.3 is 0 Å². The number of aryl methyl sites for hydroxylation is 1. The first-order chi connectivity index (χ1) is 13.5. The number of unbranched alkanes of at least 4 members (excludes halogenated alkanes) is 3. The van der Waals surface area contributed by atoms with Crippen LogP contribution < -0.4 is 13.8 Å². The smallest absolute Gasteiger partial charge is 0.287 e. The first-order valence-corrected chi connectivity index (χ1v) is 10.3. The van der Waals surface area contributed by atoms with Gasteiger partial charge in [-0.15, -0.1) is 0 Å². The number of hydrogen-bond acceptors (Lipinski definition) is 5. The molecule has 28 heavy (non-hydrogen) atoms. The van der Waals surface area contributed by atoms with Gasteiger partial charge in [0.2, 0.25) is 11.2 Å². The number of hydrogen-bond donors (Lipinski definition) is 0. The number of methoxy groups -OCH3 is 1. The quantitative estimate of drug-likeness (QED) is 0.598. The molecule has 0 fully saturated rings. The average Bonchev–Trinajstić information content (AvgIpc) is 3.10. The molecular formula is C19H26N4O4S. The van der Waals surface area contributed by atoms with Gasteiger partial charge in [0, 0.05) is 20.6 Å². The van der Waals surface area contributed by atoms with Crippen LogP contribution in [0.15, 0.2) is 30.6 Å². The van der Waals surface area contributed by atoms with E-state index in [0.717, 1.165) is 37.2 Å². The van der Waals surface area contributed by atoms with E-state index in [1.165, 1.54) is 4.31 Å². The molecule has 8 nitrogen and oxygen atoms in total. The molecular weight excluding hydrogens is 380 g/mol. The first kappa shape index (κ1) is 20.2. The Morgan fingerprint density at radius 2 is 1.71 bits per heavy atom. The Balaban J connectivity index is 1.38. The molecule has 1 unspecified atom stereocenters. The van der Waals surface area contributed by atoms with Crippen molar-refractivity contribution in [1.29, 1.82) is 0 Å². The zero-order valence-electron chi connectivity index (χ0n) is 16.5. The molecule has 0 aliphatic carbocycles. The van der Waals surface area contributed by atoms with Crippen molar-refractivity contribution in [2.75, 3.05) is 31.6 Å². The highest BCUT2D eigenvalue weighted by Gasteiger charge is 2.36. The summed E-state index contributed by atoms with van der Waals surface area (Å²) in [6, 6.07) is 7.52. The zero-order valence-corrected chi connectivity index (χ0v) is 17.3. The van der Waals surface area contributed by atoms with Gasteiger partial charge in [-0.3, -0.25) is 9.10 Å². The molecule has 152 valence electrons. The van der Waals surface area contributed by atoms with Crippen LogP contribution in [0.2, 0.25) is 0 Å². The van der Waals surface area contributed by atoms with Crippen molar-refractivity contribution >= 4 is 22.9 Å². The maximum atomic E-state index is 12.6. The Labute approximate surface area is 167 Å². The maximum Gasteiger partial charge on any atom is 0.287 e. The Hall–Kier alpha value is -2.55. The van der Waals surface area contributed by atoms with Gasteiger partial charge in [-0.2, -0.15) is 0 Å². The number of benzene rings is 1. The summed E-state index contributed by atoms with van der Waals surface area (Å²) in [5.41, 5.74) is 0.481. The molecule has 1 atom stereocenters. The molecule has 0 saturated carbocycles. The third kappa shape index (κ3) is 4.30. The number of aromatic nitrogens is 2. The second-order valence-corrected chi connectivity index (χ2v) is 8.05. The average molecular weight is 407 g/mol. The van der Waals surface area contributed by atoms with Gasteiger partial charge in [0.05, 0.1) is 20.0 Å². The van der Waals surface area contributed by atoms with E-state index in [1.807, 2.05) is 24.3 Å². The predicted octanol–water partition coefficient (Wildman–Crippen LogP) is 2.54. The molecule has 0 radical (unpaired) electrons. The molecule has 0 bridgehead atoms. The summed E-state index contributed by atoms with van der Waals surface area (Å²) in [4.78, 5) is 16.8. The fraction of sp³-hybridized carbons (Fsp3) is 0.474. The highest BCUT2D eigenvalue weighted by atomic mass is 32.2. The van der Waals surface area contributed by atoms with Crippen molar-refractivity contribution in [2.24, 2.45) is 7.05 Å². The lowest BCUT2D eigenvalue weighted by Crippen LogP contribution is -2.46. The standard InChI is InChI=1S/C19H26N4O4S/c1-21-14-20-18-17(21)19(24)23(28(25)22(18)2)12-6-4-5-7-13-27-16-10-8-15(26-3)9-11-16/h8-11,14H,4-7,12-13H2,1-3H3. The van der Waals surface area contributed by atoms with Gasteiger partial charge in [-0.05, 0) is 37.1 Å². The molecule has 3 rings (SSSR count). The zero-order chi connectivity index (χ0) is 20.1. The largest absolute Gasteiger partial charge is 0.497 e. The Morgan fingerprint density at radius 1 is 1.04 bits per heavy atom. The molecule has 1 aromatic heterocycles. The lowest BCUT2D eigenvalue weighted by Gasteiger charge is -2.31. The van der Waals surface area contributed by atoms with E-state index in [2.05, 4.69) is 4.98 Å². The summed E-state index contributed by atoms with van der Waals surface area (Å²) in [5.74, 6) is 1.87. The van der Waals surface area contributed by atoms with Gasteiger partial charge in [-0.25, -0.2) is 13.5 Å². The molecule has 1 aromatic carbocycles. The Morgan fingerprint density at radius 3 is 2.43 bits per heavy atom. The SMILES string of the molecule is COc1ccc(OCCCCCCN2C(=O)c3c(ncn3C)N(C)S2=O)cc1. The normalized spacial score (nSPS) is 16.2. The summed E-state index contributed by atoms with van der Waals surface area (Å²) in [6.07, 6.45) is 5.21. The van der Waals surface area contributed by atoms with Gasteiger partial charge < -0.3 is 14.0 Å². The number of anilines is 1. The Kier molecular flexibility index (Phi) is 6.56. The van der Waals surface area contributed by atoms with E-state index < -0.39 is 11.2 Å². The molecule has 2 heterocycles. The number of nitrogens with zero attached hydrogens (tertiary/aromatic N) is 4. The molecule has 1 aliphatic heterocycles. The molecule has 0 spiro atoms. The lowest BCUT2D eigenvalue weighted by atomic mass is 10.2. The molecule has 1 aliphatic rings. The highest BCUT2D eigenvalue weighted by molar-refractivity contribution is 7.84. The van der Waals surface area contributed by atoms with Crippen LogP contribution in [0.5, 0.6) is 11.5 Å². The van der Waals surface area contributed by atoms with Crippen molar-refractivity contribution in [3.8, 4) is 11.5 Å². The fourth-order valence-electron chi connectivity index (χ4n) is 3.06. The van der Waals surface area contributed by atoms with Crippen molar-refractivity contribution < 1.29 is 18.5 Å². The van der Waals surface area contributed by atoms with Gasteiger partial charge in [0.1, 0.15) is 11.5 Å². The van der Waals surface area contributed by atoms with E-state index in [4.69, 9.17) is 9.47 Å². The minimum absolute atomic E-state index is 0.228. The third-order valence-electron chi connectivity index (χ3n) is 4.65. The van der Waals surface area contributed by atoms with Crippen molar-refractivity contribution in [1.82, 2.24) is 13.9 Å². The van der Waals surface area contributed by atoms with Crippen LogP contribution in [-0.2, 0) is 18.2 Å². The third-order valence-corrected chi connectivity index (χ3v) is 6.02. The van der Waals surface area contributed by atoms with Crippen LogP contribution in [0.1, 0.15) is 36.2 Å². The van der Waals surface area contributed by atoms with E-state index >= 15 is 0 Å². The monoisotopic (exact) mass is 406 g/mol. The number of ether oxygens (including phenoxy) is 2. The summed E-state index contributed by atoms with van der Waals surface area (Å²) < 4.78 is 28.0. The first-order valence-electron chi connectivity index (χ1n) is 9.28. The van der Waals surface area contributed by atoms with E-state index in [1.54, 1.807) is 36.4 Å². The number of amides is 1. The van der Waals surface area contributed by atoms with Crippen molar-refractivity contribution in [3.63, 3.8) is 0 Å². The van der Waals surface area contributed by atoms with E-state index in [9.17, 15) is 9.00 Å². The molecule has 9 heteroatoms. The van der Waals surface area contributed by atoms with Gasteiger partial charge in [0.25, 0.3) is 5.91 Å². The van der Waals surface area contributed by atoms with Crippen LogP contribution >= 0.6 is 0 Å². The molecule has 1 amide bonds. The maximum absolute atomic E-state index is 12.6. The second-order valence-electron chi connectivity index (χ2n) is 6.60. The number of fused-ring (bicyclic) bond motifs is 1. The van der Waals surface area contributed by atoms with Crippen LogP contribution in [-0.4, -0.2) is 51.3 Å². The van der Waals surface area contributed by atoms with Crippen molar-refractivity contribution in [2.45, 2.75) is 25.7 Å². The summed E-state index contributed by atoms with van der Waals surface area (Å²) in [6.45, 7) is 1.10. The number of carbonyl (C=O) groups excluding carboxylic acids is 1. The number of rotatable bonds is 9. The summed E-state index contributed by atoms with van der Waals surface area (Å²) >= 11 is -1.53. The lowest BCUT2D eigenvalue weighted by molar-refractivity contribution is 0.0853. The fourth-order valence-corrected chi connectivity index (χ4v) is 4.15. The minimum Gasteiger partial charge on any atom is -0.497 e. The van der Waals surface area contributed by atoms with Crippen LogP contribution in [0, 0.1) is 0 Å². The van der Waals surface area contributed by atoms with Gasteiger partial charge in [-0.1, -0.05) is 12.8 Å². The van der Waals surface area contributed by atoms with Crippen LogP contribution in [0.25, 0.3) is 0 Å². The molecule has 0 N–H and O–H groups in total. The highest BCUT2D eigenvalue weighted by Crippen LogP contribution is 2.27. The second kappa shape index (κ2) is 9.09. The molecule has 2 aromatic rings. The van der Waals surface area contributed by atoms with E-state index in [-0.39, 0.29) is 5.91 Å². The Bertz CT molecular complexity index is 837. The molecule has 0 saturated heterocycles. The number of imidazole rings is 1. The van der Waals surface area contributed by atoms with Crippen molar-refractivity contribution in [3.05, 3.63) is 36.3 Å². The summed E-state index contributed by atoms with van der Waals surface area (Å²) in [7, 11) is 5.10. The van der Waals surface area contributed by atoms with Gasteiger partial charge in [0.15, 0.2) is 11.5 Å². The van der Waals surface area contributed by atoms with Crippen LogP contribution in [0.3, 0.4) is 0 Å². The predicted molar refractivity (Wildman–Crippen MR) is 108 cm³/mol. The topological polar surface area (TPSA) is 76.9 Å². The summed E-state index contributed by atoms with van der Waals surface area (Å²) in [5, 5.41) is 0. The number of carbonyl (C=O) groups is 1. The van der Waals surface area contributed by atoms with Crippen LogP contribution in [0.4, 0.5) is 5.82 Å². The van der Waals surface area contributed by atoms with E-state index in [0.29, 0.717) is 24.7 Å².